The molecule has 0 saturated carbocycles. The molecule has 1 aliphatic heterocycles. The van der Waals surface area contributed by atoms with Crippen molar-refractivity contribution in [2.24, 2.45) is 11.1 Å². The van der Waals surface area contributed by atoms with Gasteiger partial charge < -0.3 is 25.8 Å². The van der Waals surface area contributed by atoms with Gasteiger partial charge in [-0.3, -0.25) is 9.59 Å². The van der Waals surface area contributed by atoms with Crippen molar-refractivity contribution in [2.75, 3.05) is 33.4 Å². The van der Waals surface area contributed by atoms with Crippen LogP contribution in [0.5, 0.6) is 11.5 Å². The molecule has 1 heterocycles. The van der Waals surface area contributed by atoms with Crippen molar-refractivity contribution >= 4 is 24.2 Å². The normalized spacial score (nSPS) is 15.0. The van der Waals surface area contributed by atoms with Crippen LogP contribution in [0.1, 0.15) is 33.6 Å². The summed E-state index contributed by atoms with van der Waals surface area (Å²) in [5, 5.41) is 6.40. The van der Waals surface area contributed by atoms with Crippen molar-refractivity contribution in [3.63, 3.8) is 0 Å². The van der Waals surface area contributed by atoms with Gasteiger partial charge in [-0.25, -0.2) is 0 Å². The third-order valence-corrected chi connectivity index (χ3v) is 5.23. The third kappa shape index (κ3) is 6.19. The van der Waals surface area contributed by atoms with Crippen LogP contribution in [0.15, 0.2) is 48.5 Å². The molecule has 0 atom stereocenters. The van der Waals surface area contributed by atoms with Crippen LogP contribution in [0.25, 0.3) is 0 Å². The van der Waals surface area contributed by atoms with E-state index in [0.717, 1.165) is 25.9 Å². The number of methoxy groups -OCH3 is 1. The largest absolute Gasteiger partial charge is 0.457 e. The number of halogens is 1. The van der Waals surface area contributed by atoms with E-state index in [9.17, 15) is 9.59 Å². The quantitative estimate of drug-likeness (QED) is 0.594. The maximum atomic E-state index is 12.6. The maximum Gasteiger partial charge on any atom is 0.251 e. The highest BCUT2D eigenvalue weighted by molar-refractivity contribution is 5.94. The van der Waals surface area contributed by atoms with Crippen LogP contribution in [0, 0.1) is 5.41 Å². The molecule has 2 aromatic rings. The molecule has 2 amide bonds. The molecule has 0 radical (unpaired) electrons. The van der Waals surface area contributed by atoms with E-state index in [1.165, 1.54) is 0 Å². The Morgan fingerprint density at radius 2 is 1.53 bits per heavy atom. The molecule has 8 heteroatoms. The number of nitrogens with two attached hydrogens (primary N) is 1. The van der Waals surface area contributed by atoms with Crippen LogP contribution in [0.3, 0.4) is 0 Å². The summed E-state index contributed by atoms with van der Waals surface area (Å²) in [5.74, 6) is 0.585. The molecule has 2 aromatic carbocycles. The Morgan fingerprint density at radius 1 is 1.00 bits per heavy atom. The van der Waals surface area contributed by atoms with Crippen molar-refractivity contribution in [1.29, 1.82) is 0 Å². The molecule has 7 nitrogen and oxygen atoms in total. The van der Waals surface area contributed by atoms with Gasteiger partial charge in [-0.1, -0.05) is 0 Å². The second kappa shape index (κ2) is 11.0. The fraction of sp³-hybridized carbons (Fsp3) is 0.364. The third-order valence-electron chi connectivity index (χ3n) is 5.23. The van der Waals surface area contributed by atoms with Gasteiger partial charge in [-0.05, 0) is 74.5 Å². The summed E-state index contributed by atoms with van der Waals surface area (Å²) in [5.41, 5.74) is 6.21. The average Bonchev–Trinajstić information content (AvgIpc) is 2.74. The molecular weight excluding hydrogens is 406 g/mol. The lowest BCUT2D eigenvalue weighted by atomic mass is 9.79. The van der Waals surface area contributed by atoms with Gasteiger partial charge in [0.05, 0.1) is 6.61 Å². The molecule has 0 spiro atoms. The average molecular weight is 434 g/mol. The van der Waals surface area contributed by atoms with Crippen molar-refractivity contribution in [3.05, 3.63) is 59.7 Å². The first-order valence-corrected chi connectivity index (χ1v) is 9.67. The van der Waals surface area contributed by atoms with Gasteiger partial charge in [0.2, 0.25) is 5.91 Å². The number of primary amides is 1. The van der Waals surface area contributed by atoms with Gasteiger partial charge in [0, 0.05) is 30.2 Å². The standard InChI is InChI=1S/C22H27N3O4.ClH/c1-28-15-22(10-12-24-13-11-22)14-25-21(27)17-4-8-19(9-5-17)29-18-6-2-16(3-7-18)20(23)26;/h2-9,24H,10-15H2,1H3,(H2,23,26)(H,25,27);1H. The molecule has 0 unspecified atom stereocenters. The van der Waals surface area contributed by atoms with E-state index in [1.54, 1.807) is 55.6 Å². The predicted molar refractivity (Wildman–Crippen MR) is 117 cm³/mol. The lowest BCUT2D eigenvalue weighted by molar-refractivity contribution is 0.0511. The van der Waals surface area contributed by atoms with Crippen molar-refractivity contribution in [3.8, 4) is 11.5 Å². The minimum absolute atomic E-state index is 0. The summed E-state index contributed by atoms with van der Waals surface area (Å²) in [6.07, 6.45) is 1.95. The molecular formula is C22H28ClN3O4. The van der Waals surface area contributed by atoms with Crippen LogP contribution >= 0.6 is 12.4 Å². The fourth-order valence-corrected chi connectivity index (χ4v) is 3.50. The number of amides is 2. The first kappa shape index (κ1) is 23.7. The monoisotopic (exact) mass is 433 g/mol. The predicted octanol–water partition coefficient (Wildman–Crippen LogP) is 2.75. The summed E-state index contributed by atoms with van der Waals surface area (Å²) in [6.45, 7) is 3.10. The van der Waals surface area contributed by atoms with E-state index in [1.807, 2.05) is 0 Å². The topological polar surface area (TPSA) is 103 Å². The SMILES string of the molecule is COCC1(CNC(=O)c2ccc(Oc3ccc(C(N)=O)cc3)cc2)CCNCC1.Cl. The molecule has 1 saturated heterocycles. The highest BCUT2D eigenvalue weighted by Crippen LogP contribution is 2.28. The van der Waals surface area contributed by atoms with Crippen molar-refractivity contribution in [2.45, 2.75) is 12.8 Å². The van der Waals surface area contributed by atoms with E-state index < -0.39 is 5.91 Å². The number of nitrogens with one attached hydrogen (secondary N) is 2. The molecule has 0 bridgehead atoms. The summed E-state index contributed by atoms with van der Waals surface area (Å²) in [7, 11) is 1.70. The number of rotatable bonds is 8. The molecule has 1 fully saturated rings. The van der Waals surface area contributed by atoms with E-state index in [2.05, 4.69) is 10.6 Å². The minimum Gasteiger partial charge on any atom is -0.457 e. The van der Waals surface area contributed by atoms with Crippen LogP contribution in [0.2, 0.25) is 0 Å². The Kier molecular flexibility index (Phi) is 8.65. The summed E-state index contributed by atoms with van der Waals surface area (Å²) >= 11 is 0. The molecule has 0 aliphatic carbocycles. The number of benzene rings is 2. The summed E-state index contributed by atoms with van der Waals surface area (Å²) in [6, 6.07) is 13.5. The van der Waals surface area contributed by atoms with Gasteiger partial charge in [0.25, 0.3) is 5.91 Å². The van der Waals surface area contributed by atoms with Gasteiger partial charge in [0.15, 0.2) is 0 Å². The van der Waals surface area contributed by atoms with Crippen LogP contribution in [-0.2, 0) is 4.74 Å². The van der Waals surface area contributed by atoms with Crippen LogP contribution in [-0.4, -0.2) is 45.2 Å². The number of hydrogen-bond acceptors (Lipinski definition) is 5. The Morgan fingerprint density at radius 3 is 2.03 bits per heavy atom. The first-order chi connectivity index (χ1) is 14.0. The zero-order chi connectivity index (χ0) is 20.7. The van der Waals surface area contributed by atoms with Gasteiger partial charge in [0.1, 0.15) is 11.5 Å². The lowest BCUT2D eigenvalue weighted by Gasteiger charge is -2.37. The minimum atomic E-state index is -0.483. The zero-order valence-electron chi connectivity index (χ0n) is 17.0. The number of hydrogen-bond donors (Lipinski definition) is 3. The molecule has 3 rings (SSSR count). The van der Waals surface area contributed by atoms with Crippen molar-refractivity contribution in [1.82, 2.24) is 10.6 Å². The first-order valence-electron chi connectivity index (χ1n) is 9.67. The second-order valence-electron chi connectivity index (χ2n) is 7.38. The highest BCUT2D eigenvalue weighted by Gasteiger charge is 2.32. The van der Waals surface area contributed by atoms with Crippen molar-refractivity contribution < 1.29 is 19.1 Å². The number of ether oxygens (including phenoxy) is 2. The maximum absolute atomic E-state index is 12.6. The highest BCUT2D eigenvalue weighted by atomic mass is 35.5. The number of carbonyl (C=O) groups is 2. The van der Waals surface area contributed by atoms with Crippen LogP contribution in [0.4, 0.5) is 0 Å². The van der Waals surface area contributed by atoms with Gasteiger partial charge >= 0.3 is 0 Å². The molecule has 30 heavy (non-hydrogen) atoms. The Balaban J connectivity index is 0.00000320. The Hall–Kier alpha value is -2.61. The zero-order valence-corrected chi connectivity index (χ0v) is 17.8. The summed E-state index contributed by atoms with van der Waals surface area (Å²) in [4.78, 5) is 23.7. The Labute approximate surface area is 182 Å². The van der Waals surface area contributed by atoms with Gasteiger partial charge in [-0.2, -0.15) is 0 Å². The van der Waals surface area contributed by atoms with Gasteiger partial charge in [-0.15, -0.1) is 12.4 Å². The summed E-state index contributed by atoms with van der Waals surface area (Å²) < 4.78 is 11.1. The van der Waals surface area contributed by atoms with E-state index in [-0.39, 0.29) is 23.7 Å². The molecule has 0 aromatic heterocycles. The molecule has 4 N–H and O–H groups in total. The molecule has 162 valence electrons. The van der Waals surface area contributed by atoms with E-state index in [4.69, 9.17) is 15.2 Å². The number of carbonyl (C=O) groups excluding carboxylic acids is 2. The lowest BCUT2D eigenvalue weighted by Crippen LogP contribution is -2.47. The Bertz CT molecular complexity index is 829. The number of piperidine rings is 1. The fourth-order valence-electron chi connectivity index (χ4n) is 3.50. The second-order valence-corrected chi connectivity index (χ2v) is 7.38. The van der Waals surface area contributed by atoms with E-state index >= 15 is 0 Å². The smallest absolute Gasteiger partial charge is 0.251 e. The van der Waals surface area contributed by atoms with E-state index in [0.29, 0.717) is 35.8 Å². The molecule has 1 aliphatic rings. The van der Waals surface area contributed by atoms with Crippen LogP contribution < -0.4 is 21.1 Å².